The molecule has 0 heterocycles. The molecule has 0 atom stereocenters. The second-order valence-corrected chi connectivity index (χ2v) is 9.85. The SMILES string of the molecule is CN(CC(=O)NCCCSc1ccccc1)S(=O)(=O)c1ccc2ccccc2c1. The van der Waals surface area contributed by atoms with E-state index in [1.807, 2.05) is 42.5 Å². The molecule has 0 aliphatic rings. The van der Waals surface area contributed by atoms with Crippen LogP contribution in [0.4, 0.5) is 0 Å². The van der Waals surface area contributed by atoms with Crippen molar-refractivity contribution >= 4 is 38.5 Å². The molecule has 0 saturated heterocycles. The van der Waals surface area contributed by atoms with Crippen molar-refractivity contribution in [1.29, 1.82) is 0 Å². The fourth-order valence-corrected chi connectivity index (χ4v) is 4.89. The van der Waals surface area contributed by atoms with E-state index in [-0.39, 0.29) is 17.3 Å². The van der Waals surface area contributed by atoms with Crippen molar-refractivity contribution in [3.05, 3.63) is 72.8 Å². The zero-order chi connectivity index (χ0) is 20.7. The molecule has 0 aromatic heterocycles. The highest BCUT2D eigenvalue weighted by Gasteiger charge is 2.23. The minimum Gasteiger partial charge on any atom is -0.355 e. The largest absolute Gasteiger partial charge is 0.355 e. The standard InChI is InChI=1S/C22H24N2O3S2/c1-24(17-22(25)23-14-7-15-28-20-10-3-2-4-11-20)29(26,27)21-13-12-18-8-5-6-9-19(18)16-21/h2-6,8-13,16H,7,14-15,17H2,1H3,(H,23,25). The number of nitrogens with one attached hydrogen (secondary N) is 1. The summed E-state index contributed by atoms with van der Waals surface area (Å²) in [4.78, 5) is 13.5. The van der Waals surface area contributed by atoms with Crippen LogP contribution in [0.2, 0.25) is 0 Å². The van der Waals surface area contributed by atoms with Gasteiger partial charge in [0.05, 0.1) is 11.4 Å². The summed E-state index contributed by atoms with van der Waals surface area (Å²) in [5.41, 5.74) is 0. The highest BCUT2D eigenvalue weighted by molar-refractivity contribution is 7.99. The number of thioether (sulfide) groups is 1. The normalized spacial score (nSPS) is 11.7. The molecule has 0 aliphatic carbocycles. The van der Waals surface area contributed by atoms with Crippen LogP contribution in [0.15, 0.2) is 82.6 Å². The lowest BCUT2D eigenvalue weighted by Gasteiger charge is -2.17. The van der Waals surface area contributed by atoms with E-state index >= 15 is 0 Å². The second kappa shape index (κ2) is 9.91. The fraction of sp³-hybridized carbons (Fsp3) is 0.227. The van der Waals surface area contributed by atoms with Crippen molar-refractivity contribution in [2.45, 2.75) is 16.2 Å². The molecule has 0 spiro atoms. The maximum absolute atomic E-state index is 12.8. The Kier molecular flexibility index (Phi) is 7.30. The molecule has 0 aliphatic heterocycles. The van der Waals surface area contributed by atoms with Gasteiger partial charge in [0.2, 0.25) is 15.9 Å². The van der Waals surface area contributed by atoms with Crippen LogP contribution >= 0.6 is 11.8 Å². The summed E-state index contributed by atoms with van der Waals surface area (Å²) in [6.45, 7) is 0.309. The topological polar surface area (TPSA) is 66.5 Å². The van der Waals surface area contributed by atoms with Gasteiger partial charge in [-0.05, 0) is 47.2 Å². The van der Waals surface area contributed by atoms with Crippen LogP contribution in [0.25, 0.3) is 10.8 Å². The van der Waals surface area contributed by atoms with Crippen LogP contribution < -0.4 is 5.32 Å². The van der Waals surface area contributed by atoms with Crippen molar-refractivity contribution in [2.24, 2.45) is 0 Å². The number of fused-ring (bicyclic) bond motifs is 1. The number of sulfonamides is 1. The van der Waals surface area contributed by atoms with Gasteiger partial charge in [-0.3, -0.25) is 4.79 Å². The number of amides is 1. The van der Waals surface area contributed by atoms with Gasteiger partial charge in [0.25, 0.3) is 0 Å². The molecule has 0 unspecified atom stereocenters. The first-order valence-electron chi connectivity index (χ1n) is 9.36. The van der Waals surface area contributed by atoms with Crippen molar-refractivity contribution in [2.75, 3.05) is 25.9 Å². The Hall–Kier alpha value is -2.35. The van der Waals surface area contributed by atoms with Crippen molar-refractivity contribution in [3.63, 3.8) is 0 Å². The molecule has 0 bridgehead atoms. The van der Waals surface area contributed by atoms with Gasteiger partial charge < -0.3 is 5.32 Å². The molecule has 152 valence electrons. The Morgan fingerprint density at radius 1 is 0.966 bits per heavy atom. The monoisotopic (exact) mass is 428 g/mol. The van der Waals surface area contributed by atoms with E-state index in [1.165, 1.54) is 11.9 Å². The quantitative estimate of drug-likeness (QED) is 0.416. The maximum atomic E-state index is 12.8. The first-order chi connectivity index (χ1) is 14.0. The Bertz CT molecular complexity index is 1070. The molecule has 1 amide bonds. The van der Waals surface area contributed by atoms with E-state index in [9.17, 15) is 13.2 Å². The average Bonchev–Trinajstić information content (AvgIpc) is 2.73. The van der Waals surface area contributed by atoms with Gasteiger partial charge in [0.15, 0.2) is 0 Å². The number of hydrogen-bond donors (Lipinski definition) is 1. The van der Waals surface area contributed by atoms with Gasteiger partial charge >= 0.3 is 0 Å². The third kappa shape index (κ3) is 5.82. The summed E-state index contributed by atoms with van der Waals surface area (Å²) in [6.07, 6.45) is 0.812. The molecular weight excluding hydrogens is 404 g/mol. The molecule has 1 N–H and O–H groups in total. The first kappa shape index (κ1) is 21.4. The lowest BCUT2D eigenvalue weighted by Crippen LogP contribution is -2.38. The molecule has 0 fully saturated rings. The van der Waals surface area contributed by atoms with E-state index in [0.29, 0.717) is 6.54 Å². The lowest BCUT2D eigenvalue weighted by atomic mass is 10.1. The lowest BCUT2D eigenvalue weighted by molar-refractivity contribution is -0.121. The number of rotatable bonds is 9. The number of likely N-dealkylation sites (N-methyl/N-ethyl adjacent to an activating group) is 1. The van der Waals surface area contributed by atoms with Crippen LogP contribution in [-0.4, -0.2) is 44.5 Å². The summed E-state index contributed by atoms with van der Waals surface area (Å²) < 4.78 is 26.7. The van der Waals surface area contributed by atoms with Crippen LogP contribution in [0.3, 0.4) is 0 Å². The molecule has 29 heavy (non-hydrogen) atoms. The van der Waals surface area contributed by atoms with Crippen molar-refractivity contribution in [3.8, 4) is 0 Å². The Balaban J connectivity index is 1.48. The van der Waals surface area contributed by atoms with Crippen LogP contribution in [-0.2, 0) is 14.8 Å². The maximum Gasteiger partial charge on any atom is 0.243 e. The summed E-state index contributed by atoms with van der Waals surface area (Å²) in [7, 11) is -2.30. The third-order valence-corrected chi connectivity index (χ3v) is 7.35. The van der Waals surface area contributed by atoms with E-state index in [4.69, 9.17) is 0 Å². The number of benzene rings is 3. The molecular formula is C22H24N2O3S2. The Labute approximate surface area is 176 Å². The van der Waals surface area contributed by atoms with Crippen molar-refractivity contribution < 1.29 is 13.2 Å². The highest BCUT2D eigenvalue weighted by atomic mass is 32.2. The number of carbonyl (C=O) groups excluding carboxylic acids is 1. The second-order valence-electron chi connectivity index (χ2n) is 6.64. The molecule has 7 heteroatoms. The minimum absolute atomic E-state index is 0.186. The smallest absolute Gasteiger partial charge is 0.243 e. The summed E-state index contributed by atoms with van der Waals surface area (Å²) in [6, 6.07) is 22.6. The van der Waals surface area contributed by atoms with Gasteiger partial charge in [-0.25, -0.2) is 8.42 Å². The number of hydrogen-bond acceptors (Lipinski definition) is 4. The van der Waals surface area contributed by atoms with Crippen LogP contribution in [0, 0.1) is 0 Å². The van der Waals surface area contributed by atoms with E-state index in [0.717, 1.165) is 27.3 Å². The van der Waals surface area contributed by atoms with Gasteiger partial charge in [-0.2, -0.15) is 4.31 Å². The van der Waals surface area contributed by atoms with Gasteiger partial charge in [0, 0.05) is 18.5 Å². The fourth-order valence-electron chi connectivity index (χ4n) is 2.86. The summed E-state index contributed by atoms with van der Waals surface area (Å²) >= 11 is 1.73. The number of carbonyl (C=O) groups is 1. The first-order valence-corrected chi connectivity index (χ1v) is 11.8. The average molecular weight is 429 g/mol. The molecule has 3 aromatic rings. The number of nitrogens with zero attached hydrogens (tertiary/aromatic N) is 1. The Morgan fingerprint density at radius 3 is 2.41 bits per heavy atom. The van der Waals surface area contributed by atoms with E-state index in [2.05, 4.69) is 17.4 Å². The van der Waals surface area contributed by atoms with Gasteiger partial charge in [-0.1, -0.05) is 48.5 Å². The predicted octanol–water partition coefficient (Wildman–Crippen LogP) is 3.76. The van der Waals surface area contributed by atoms with Crippen molar-refractivity contribution in [1.82, 2.24) is 9.62 Å². The third-order valence-electron chi connectivity index (χ3n) is 4.45. The van der Waals surface area contributed by atoms with Crippen LogP contribution in [0.5, 0.6) is 0 Å². The molecule has 0 saturated carbocycles. The molecule has 3 aromatic carbocycles. The summed E-state index contributed by atoms with van der Waals surface area (Å²) in [5, 5.41) is 4.62. The minimum atomic E-state index is -3.73. The predicted molar refractivity (Wildman–Crippen MR) is 119 cm³/mol. The summed E-state index contributed by atoms with van der Waals surface area (Å²) in [5.74, 6) is 0.580. The van der Waals surface area contributed by atoms with E-state index in [1.54, 1.807) is 30.0 Å². The van der Waals surface area contributed by atoms with Gasteiger partial charge in [0.1, 0.15) is 0 Å². The van der Waals surface area contributed by atoms with E-state index < -0.39 is 10.0 Å². The zero-order valence-corrected chi connectivity index (χ0v) is 17.9. The molecule has 0 radical (unpaired) electrons. The molecule has 5 nitrogen and oxygen atoms in total. The molecule has 3 rings (SSSR count). The zero-order valence-electron chi connectivity index (χ0n) is 16.2. The Morgan fingerprint density at radius 2 is 1.66 bits per heavy atom. The highest BCUT2D eigenvalue weighted by Crippen LogP contribution is 2.21. The van der Waals surface area contributed by atoms with Crippen LogP contribution in [0.1, 0.15) is 6.42 Å². The van der Waals surface area contributed by atoms with Gasteiger partial charge in [-0.15, -0.1) is 11.8 Å².